The molecule has 0 saturated carbocycles. The minimum Gasteiger partial charge on any atom is -0.379 e. The van der Waals surface area contributed by atoms with E-state index >= 15 is 0 Å². The van der Waals surface area contributed by atoms with Crippen LogP contribution in [0.15, 0.2) is 47.4 Å². The van der Waals surface area contributed by atoms with Crippen molar-refractivity contribution in [2.24, 2.45) is 0 Å². The summed E-state index contributed by atoms with van der Waals surface area (Å²) < 4.78 is 124. The molecule has 3 aromatic carbocycles. The summed E-state index contributed by atoms with van der Waals surface area (Å²) in [6.45, 7) is 0. The summed E-state index contributed by atoms with van der Waals surface area (Å²) in [5.74, 6) is -16.5. The summed E-state index contributed by atoms with van der Waals surface area (Å²) in [6, 6.07) is 7.21. The highest BCUT2D eigenvalue weighted by molar-refractivity contribution is 7.87. The van der Waals surface area contributed by atoms with Crippen LogP contribution in [-0.4, -0.2) is 24.5 Å². The molecule has 0 fully saturated rings. The van der Waals surface area contributed by atoms with E-state index in [4.69, 9.17) is 0 Å². The third-order valence-electron chi connectivity index (χ3n) is 4.56. The number of hydrogen-bond acceptors (Lipinski definition) is 7. The monoisotopic (exact) mass is 563 g/mol. The number of benzene rings is 3. The molecular weight excluding hydrogens is 555 g/mol. The Balaban J connectivity index is 1.53. The highest BCUT2D eigenvalue weighted by Gasteiger charge is 2.35. The predicted molar refractivity (Wildman–Crippen MR) is 114 cm³/mol. The molecule has 0 aliphatic heterocycles. The molecule has 0 aliphatic carbocycles. The second-order valence-corrected chi connectivity index (χ2v) is 9.38. The Labute approximate surface area is 206 Å². The van der Waals surface area contributed by atoms with Crippen LogP contribution >= 0.6 is 11.3 Å². The summed E-state index contributed by atoms with van der Waals surface area (Å²) >= 11 is 0.769. The first-order valence-corrected chi connectivity index (χ1v) is 11.8. The summed E-state index contributed by atoms with van der Waals surface area (Å²) in [5.41, 5.74) is -0.577. The Kier molecular flexibility index (Phi) is 6.88. The lowest BCUT2D eigenvalue weighted by atomic mass is 10.2. The number of nitrogens with zero attached hydrogens (tertiary/aromatic N) is 2. The zero-order valence-corrected chi connectivity index (χ0v) is 19.2. The number of carbonyl (C=O) groups is 1. The molecule has 37 heavy (non-hydrogen) atoms. The maximum atomic E-state index is 13.9. The van der Waals surface area contributed by atoms with Gasteiger partial charge >= 0.3 is 10.1 Å². The number of aromatic nitrogens is 2. The summed E-state index contributed by atoms with van der Waals surface area (Å²) in [7, 11) is -5.49. The molecule has 0 spiro atoms. The highest BCUT2D eigenvalue weighted by Crippen LogP contribution is 2.31. The van der Waals surface area contributed by atoms with Crippen molar-refractivity contribution in [1.82, 2.24) is 10.2 Å². The summed E-state index contributed by atoms with van der Waals surface area (Å²) in [5, 5.41) is 9.60. The van der Waals surface area contributed by atoms with Gasteiger partial charge in [-0.15, -0.1) is 10.2 Å². The van der Waals surface area contributed by atoms with Gasteiger partial charge in [0.15, 0.2) is 28.2 Å². The molecule has 7 nitrogen and oxygen atoms in total. The van der Waals surface area contributed by atoms with E-state index in [1.807, 2.05) is 0 Å². The molecule has 1 aromatic heterocycles. The third-order valence-corrected chi connectivity index (χ3v) is 6.72. The Bertz CT molecular complexity index is 1600. The molecule has 16 heteroatoms. The van der Waals surface area contributed by atoms with E-state index in [0.29, 0.717) is 0 Å². The fourth-order valence-corrected chi connectivity index (χ4v) is 4.70. The fourth-order valence-electron chi connectivity index (χ4n) is 2.89. The van der Waals surface area contributed by atoms with Crippen molar-refractivity contribution < 1.29 is 48.1 Å². The Morgan fingerprint density at radius 3 is 1.89 bits per heavy atom. The largest absolute Gasteiger partial charge is 0.379 e. The van der Waals surface area contributed by atoms with Crippen LogP contribution in [0.5, 0.6) is 5.75 Å². The molecule has 192 valence electrons. The number of halogens is 7. The molecule has 0 bridgehead atoms. The quantitative estimate of drug-likeness (QED) is 0.150. The van der Waals surface area contributed by atoms with Gasteiger partial charge in [0.25, 0.3) is 5.91 Å². The zero-order chi connectivity index (χ0) is 27.1. The number of amides is 1. The maximum absolute atomic E-state index is 13.9. The van der Waals surface area contributed by atoms with E-state index in [1.54, 1.807) is 0 Å². The topological polar surface area (TPSA) is 98.2 Å². The Morgan fingerprint density at radius 1 is 0.784 bits per heavy atom. The van der Waals surface area contributed by atoms with Crippen LogP contribution in [-0.2, 0) is 10.1 Å². The molecule has 0 radical (unpaired) electrons. The van der Waals surface area contributed by atoms with E-state index in [2.05, 4.69) is 19.7 Å². The van der Waals surface area contributed by atoms with Crippen LogP contribution in [0, 0.1) is 40.7 Å². The molecule has 0 unspecified atom stereocenters. The molecule has 0 atom stereocenters. The lowest BCUT2D eigenvalue weighted by Crippen LogP contribution is -2.17. The van der Waals surface area contributed by atoms with Crippen molar-refractivity contribution in [3.63, 3.8) is 0 Å². The van der Waals surface area contributed by atoms with Gasteiger partial charge in [-0.3, -0.25) is 10.1 Å². The third kappa shape index (κ3) is 4.97. The van der Waals surface area contributed by atoms with E-state index in [-0.39, 0.29) is 15.7 Å². The minimum absolute atomic E-state index is 0.137. The number of hydrogen-bond donors (Lipinski definition) is 1. The van der Waals surface area contributed by atoms with Crippen molar-refractivity contribution in [3.8, 4) is 16.3 Å². The lowest BCUT2D eigenvalue weighted by Gasteiger charge is -2.10. The zero-order valence-electron chi connectivity index (χ0n) is 17.5. The van der Waals surface area contributed by atoms with Crippen LogP contribution in [0.1, 0.15) is 10.4 Å². The number of rotatable bonds is 6. The Hall–Kier alpha value is -4.05. The molecular formula is C21H8F7N3O4S2. The summed E-state index contributed by atoms with van der Waals surface area (Å²) in [4.78, 5) is 9.99. The normalized spacial score (nSPS) is 11.4. The summed E-state index contributed by atoms with van der Waals surface area (Å²) in [6.07, 6.45) is 0. The van der Waals surface area contributed by atoms with Crippen molar-refractivity contribution in [1.29, 1.82) is 0 Å². The van der Waals surface area contributed by atoms with Gasteiger partial charge in [0.1, 0.15) is 28.0 Å². The molecule has 0 aliphatic rings. The van der Waals surface area contributed by atoms with E-state index in [0.717, 1.165) is 41.7 Å². The van der Waals surface area contributed by atoms with Gasteiger partial charge in [0.2, 0.25) is 10.9 Å². The highest BCUT2D eigenvalue weighted by atomic mass is 32.2. The Morgan fingerprint density at radius 2 is 1.32 bits per heavy atom. The van der Waals surface area contributed by atoms with Crippen LogP contribution < -0.4 is 9.50 Å². The predicted octanol–water partition coefficient (Wildman–Crippen LogP) is 5.20. The van der Waals surface area contributed by atoms with Gasteiger partial charge in [-0.25, -0.2) is 30.7 Å². The number of carbonyl (C=O) groups excluding carboxylic acids is 1. The van der Waals surface area contributed by atoms with Crippen molar-refractivity contribution >= 4 is 32.5 Å². The first kappa shape index (κ1) is 26.0. The standard InChI is InChI=1S/C21H8F7N3O4S2/c22-10-2-1-3-11(23)12(10)19(32)29-21-31-30-20(36-21)8-4-6-9(7-5-8)35-37(33,34)18-16(27)14(25)13(24)15(26)17(18)28/h1-7H,(H,29,31,32). The number of anilines is 1. The van der Waals surface area contributed by atoms with Gasteiger partial charge < -0.3 is 4.18 Å². The van der Waals surface area contributed by atoms with E-state index in [1.165, 1.54) is 12.1 Å². The SMILES string of the molecule is O=C(Nc1nnc(-c2ccc(OS(=O)(=O)c3c(F)c(F)c(F)c(F)c3F)cc2)s1)c1c(F)cccc1F. The fraction of sp³-hybridized carbons (Fsp3) is 0. The first-order chi connectivity index (χ1) is 17.4. The van der Waals surface area contributed by atoms with Crippen LogP contribution in [0.3, 0.4) is 0 Å². The van der Waals surface area contributed by atoms with Gasteiger partial charge in [-0.1, -0.05) is 17.4 Å². The van der Waals surface area contributed by atoms with Crippen molar-refractivity contribution in [2.45, 2.75) is 4.90 Å². The molecule has 1 N–H and O–H groups in total. The molecule has 1 heterocycles. The van der Waals surface area contributed by atoms with Gasteiger partial charge in [0, 0.05) is 5.56 Å². The first-order valence-electron chi connectivity index (χ1n) is 9.56. The second-order valence-electron chi connectivity index (χ2n) is 6.92. The molecule has 1 amide bonds. The van der Waals surface area contributed by atoms with E-state index < -0.39 is 73.0 Å². The maximum Gasteiger partial charge on any atom is 0.345 e. The molecule has 0 saturated heterocycles. The average molecular weight is 563 g/mol. The van der Waals surface area contributed by atoms with Gasteiger partial charge in [0.05, 0.1) is 0 Å². The smallest absolute Gasteiger partial charge is 0.345 e. The van der Waals surface area contributed by atoms with Crippen LogP contribution in [0.4, 0.5) is 35.9 Å². The average Bonchev–Trinajstić information content (AvgIpc) is 3.30. The van der Waals surface area contributed by atoms with Crippen molar-refractivity contribution in [2.75, 3.05) is 5.32 Å². The minimum atomic E-state index is -5.49. The van der Waals surface area contributed by atoms with Gasteiger partial charge in [-0.05, 0) is 36.4 Å². The number of nitrogens with one attached hydrogen (secondary N) is 1. The van der Waals surface area contributed by atoms with Crippen molar-refractivity contribution in [3.05, 3.63) is 88.7 Å². The molecule has 4 aromatic rings. The lowest BCUT2D eigenvalue weighted by molar-refractivity contribution is 0.101. The second kappa shape index (κ2) is 9.78. The van der Waals surface area contributed by atoms with Crippen LogP contribution in [0.25, 0.3) is 10.6 Å². The molecule has 4 rings (SSSR count). The van der Waals surface area contributed by atoms with Crippen LogP contribution in [0.2, 0.25) is 0 Å². The van der Waals surface area contributed by atoms with E-state index in [9.17, 15) is 43.9 Å². The van der Waals surface area contributed by atoms with Gasteiger partial charge in [-0.2, -0.15) is 8.42 Å².